The maximum atomic E-state index is 12.7. The molecule has 0 bridgehead atoms. The minimum Gasteiger partial charge on any atom is -0.430 e. The van der Waals surface area contributed by atoms with Crippen LogP contribution in [0.2, 0.25) is 0 Å². The highest BCUT2D eigenvalue weighted by Gasteiger charge is 2.58. The third kappa shape index (κ3) is 7.55. The van der Waals surface area contributed by atoms with Crippen LogP contribution in [0.1, 0.15) is 155 Å². The van der Waals surface area contributed by atoms with Crippen molar-refractivity contribution in [3.8, 4) is 5.75 Å². The van der Waals surface area contributed by atoms with Gasteiger partial charge in [0.25, 0.3) is 0 Å². The van der Waals surface area contributed by atoms with Crippen LogP contribution < -0.4 is 4.74 Å². The standard InChI is InChI=1S/C40H62O3/c1-5-7-9-11-12-14-16-31-20-24-36-35-23-19-32-29-34(25-27-40(32,4)37(35)26-28-39(31,36)3)43-38(41)42-33-21-17-30(18-22-33)15-13-10-8-6-2/h17-19,21-22,31,34-37H,5-16,20,23-29H2,1-4H3. The molecular weight excluding hydrogens is 528 g/mol. The molecule has 0 aromatic heterocycles. The Morgan fingerprint density at radius 3 is 2.30 bits per heavy atom. The minimum absolute atomic E-state index is 0.0664. The predicted octanol–water partition coefficient (Wildman–Crippen LogP) is 12.0. The predicted molar refractivity (Wildman–Crippen MR) is 178 cm³/mol. The molecule has 7 unspecified atom stereocenters. The summed E-state index contributed by atoms with van der Waals surface area (Å²) in [5.41, 5.74) is 3.71. The smallest absolute Gasteiger partial charge is 0.430 e. The lowest BCUT2D eigenvalue weighted by atomic mass is 9.47. The van der Waals surface area contributed by atoms with E-state index in [2.05, 4.69) is 45.9 Å². The molecule has 3 nitrogen and oxygen atoms in total. The minimum atomic E-state index is -0.547. The molecular formula is C40H62O3. The molecule has 5 rings (SSSR count). The van der Waals surface area contributed by atoms with Gasteiger partial charge in [0, 0.05) is 6.42 Å². The van der Waals surface area contributed by atoms with Crippen molar-refractivity contribution in [2.75, 3.05) is 0 Å². The first-order valence-electron chi connectivity index (χ1n) is 18.5. The second-order valence-corrected chi connectivity index (χ2v) is 15.4. The summed E-state index contributed by atoms with van der Waals surface area (Å²) in [6.07, 6.45) is 28.0. The van der Waals surface area contributed by atoms with Crippen molar-refractivity contribution < 1.29 is 14.3 Å². The van der Waals surface area contributed by atoms with E-state index >= 15 is 0 Å². The number of benzene rings is 1. The molecule has 0 radical (unpaired) electrons. The molecule has 0 amide bonds. The Kier molecular flexibility index (Phi) is 11.4. The number of carbonyl (C=O) groups excluding carboxylic acids is 1. The number of unbranched alkanes of at least 4 members (excludes halogenated alkanes) is 8. The highest BCUT2D eigenvalue weighted by molar-refractivity contribution is 5.64. The van der Waals surface area contributed by atoms with Gasteiger partial charge in [-0.3, -0.25) is 0 Å². The second-order valence-electron chi connectivity index (χ2n) is 15.4. The summed E-state index contributed by atoms with van der Waals surface area (Å²) in [5.74, 6) is 4.07. The Bertz CT molecular complexity index is 1060. The molecule has 3 saturated carbocycles. The average Bonchev–Trinajstić information content (AvgIpc) is 3.34. The zero-order valence-corrected chi connectivity index (χ0v) is 28.1. The fourth-order valence-electron chi connectivity index (χ4n) is 10.2. The van der Waals surface area contributed by atoms with Crippen molar-refractivity contribution in [2.45, 2.75) is 162 Å². The largest absolute Gasteiger partial charge is 0.514 e. The molecule has 7 atom stereocenters. The van der Waals surface area contributed by atoms with Gasteiger partial charge in [-0.25, -0.2) is 4.79 Å². The molecule has 1 aromatic rings. The van der Waals surface area contributed by atoms with Crippen LogP contribution in [0.4, 0.5) is 4.79 Å². The SMILES string of the molecule is CCCCCCCCC1CCC2C3CC=C4CC(OC(=O)Oc5ccc(CCCCCC)cc5)CCC4(C)C3CCC12C. The molecule has 3 fully saturated rings. The summed E-state index contributed by atoms with van der Waals surface area (Å²) in [7, 11) is 0. The quantitative estimate of drug-likeness (QED) is 0.0935. The average molecular weight is 591 g/mol. The molecule has 4 aliphatic carbocycles. The zero-order valence-electron chi connectivity index (χ0n) is 28.1. The molecule has 0 aliphatic heterocycles. The van der Waals surface area contributed by atoms with Crippen LogP contribution in [-0.2, 0) is 11.2 Å². The number of aryl methyl sites for hydroxylation is 1. The first kappa shape index (κ1) is 32.6. The topological polar surface area (TPSA) is 35.5 Å². The second kappa shape index (κ2) is 15.0. The van der Waals surface area contributed by atoms with E-state index in [1.54, 1.807) is 5.57 Å². The highest BCUT2D eigenvalue weighted by atomic mass is 16.7. The maximum absolute atomic E-state index is 12.7. The lowest BCUT2D eigenvalue weighted by Gasteiger charge is -2.58. The highest BCUT2D eigenvalue weighted by Crippen LogP contribution is 2.66. The van der Waals surface area contributed by atoms with Gasteiger partial charge in [-0.2, -0.15) is 0 Å². The van der Waals surface area contributed by atoms with Crippen molar-refractivity contribution in [1.82, 2.24) is 0 Å². The van der Waals surface area contributed by atoms with Crippen LogP contribution in [0.25, 0.3) is 0 Å². The van der Waals surface area contributed by atoms with Crippen molar-refractivity contribution in [1.29, 1.82) is 0 Å². The Labute approximate surface area is 264 Å². The summed E-state index contributed by atoms with van der Waals surface area (Å²) in [4.78, 5) is 12.7. The number of fused-ring (bicyclic) bond motifs is 5. The van der Waals surface area contributed by atoms with E-state index in [9.17, 15) is 4.79 Å². The van der Waals surface area contributed by atoms with E-state index in [-0.39, 0.29) is 11.5 Å². The fraction of sp³-hybridized carbons (Fsp3) is 0.775. The fourth-order valence-corrected chi connectivity index (χ4v) is 10.2. The van der Waals surface area contributed by atoms with E-state index < -0.39 is 6.16 Å². The number of ether oxygens (including phenoxy) is 2. The van der Waals surface area contributed by atoms with Crippen molar-refractivity contribution in [3.05, 3.63) is 41.5 Å². The normalized spacial score (nSPS) is 33.2. The first-order valence-corrected chi connectivity index (χ1v) is 18.5. The molecule has 4 aliphatic rings. The van der Waals surface area contributed by atoms with Gasteiger partial charge in [0.2, 0.25) is 0 Å². The number of hydrogen-bond donors (Lipinski definition) is 0. The van der Waals surface area contributed by atoms with E-state index in [4.69, 9.17) is 9.47 Å². The van der Waals surface area contributed by atoms with Crippen molar-refractivity contribution in [3.63, 3.8) is 0 Å². The molecule has 0 spiro atoms. The first-order chi connectivity index (χ1) is 20.9. The third-order valence-corrected chi connectivity index (χ3v) is 12.9. The molecule has 240 valence electrons. The number of carbonyl (C=O) groups is 1. The third-order valence-electron chi connectivity index (χ3n) is 12.9. The summed E-state index contributed by atoms with van der Waals surface area (Å²) < 4.78 is 11.5. The zero-order chi connectivity index (χ0) is 30.3. The maximum Gasteiger partial charge on any atom is 0.514 e. The van der Waals surface area contributed by atoms with E-state index in [0.29, 0.717) is 11.2 Å². The number of rotatable bonds is 14. The number of hydrogen-bond acceptors (Lipinski definition) is 3. The van der Waals surface area contributed by atoms with Gasteiger partial charge in [-0.05, 0) is 116 Å². The Hall–Kier alpha value is -1.77. The lowest BCUT2D eigenvalue weighted by Crippen LogP contribution is -2.50. The Morgan fingerprint density at radius 2 is 1.53 bits per heavy atom. The van der Waals surface area contributed by atoms with E-state index in [1.165, 1.54) is 108 Å². The van der Waals surface area contributed by atoms with Crippen LogP contribution >= 0.6 is 0 Å². The summed E-state index contributed by atoms with van der Waals surface area (Å²) >= 11 is 0. The molecule has 0 heterocycles. The van der Waals surface area contributed by atoms with Crippen LogP contribution in [0.3, 0.4) is 0 Å². The summed E-state index contributed by atoms with van der Waals surface area (Å²) in [6.45, 7) is 9.79. The molecule has 43 heavy (non-hydrogen) atoms. The van der Waals surface area contributed by atoms with Gasteiger partial charge in [-0.15, -0.1) is 0 Å². The van der Waals surface area contributed by atoms with Crippen LogP contribution in [0.15, 0.2) is 35.9 Å². The van der Waals surface area contributed by atoms with Gasteiger partial charge in [0.05, 0.1) is 0 Å². The Morgan fingerprint density at radius 1 is 0.814 bits per heavy atom. The molecule has 0 N–H and O–H groups in total. The number of allylic oxidation sites excluding steroid dienone is 1. The Balaban J connectivity index is 1.11. The van der Waals surface area contributed by atoms with Gasteiger partial charge >= 0.3 is 6.16 Å². The van der Waals surface area contributed by atoms with Crippen molar-refractivity contribution in [2.24, 2.45) is 34.5 Å². The van der Waals surface area contributed by atoms with Crippen LogP contribution in [0.5, 0.6) is 5.75 Å². The molecule has 1 aromatic carbocycles. The molecule has 0 saturated heterocycles. The van der Waals surface area contributed by atoms with Crippen molar-refractivity contribution >= 4 is 6.16 Å². The van der Waals surface area contributed by atoms with Gasteiger partial charge < -0.3 is 9.47 Å². The van der Waals surface area contributed by atoms with Crippen LogP contribution in [-0.4, -0.2) is 12.3 Å². The summed E-state index contributed by atoms with van der Waals surface area (Å²) in [5, 5.41) is 0. The van der Waals surface area contributed by atoms with Crippen LogP contribution in [0, 0.1) is 34.5 Å². The van der Waals surface area contributed by atoms with E-state index in [0.717, 1.165) is 49.4 Å². The summed E-state index contributed by atoms with van der Waals surface area (Å²) in [6, 6.07) is 7.99. The van der Waals surface area contributed by atoms with Gasteiger partial charge in [0.1, 0.15) is 11.9 Å². The monoisotopic (exact) mass is 590 g/mol. The van der Waals surface area contributed by atoms with Gasteiger partial charge in [-0.1, -0.05) is 109 Å². The lowest BCUT2D eigenvalue weighted by molar-refractivity contribution is -0.0538. The van der Waals surface area contributed by atoms with Gasteiger partial charge in [0.15, 0.2) is 0 Å². The van der Waals surface area contributed by atoms with E-state index in [1.807, 2.05) is 12.1 Å². The molecule has 3 heteroatoms.